The van der Waals surface area contributed by atoms with Crippen LogP contribution in [0.5, 0.6) is 0 Å². The van der Waals surface area contributed by atoms with E-state index in [-0.39, 0.29) is 11.7 Å². The van der Waals surface area contributed by atoms with Gasteiger partial charge in [0.05, 0.1) is 6.54 Å². The summed E-state index contributed by atoms with van der Waals surface area (Å²) in [6.45, 7) is 6.18. The Morgan fingerprint density at radius 3 is 2.62 bits per heavy atom. The van der Waals surface area contributed by atoms with Crippen molar-refractivity contribution >= 4 is 5.91 Å². The van der Waals surface area contributed by atoms with E-state index in [2.05, 4.69) is 54.9 Å². The average Bonchev–Trinajstić information content (AvgIpc) is 3.13. The summed E-state index contributed by atoms with van der Waals surface area (Å²) in [7, 11) is 0. The summed E-state index contributed by atoms with van der Waals surface area (Å²) in [6, 6.07) is 18.5. The second kappa shape index (κ2) is 10.1. The van der Waals surface area contributed by atoms with E-state index in [4.69, 9.17) is 0 Å². The SMILES string of the molecule is CCCCCN(Cc1cccn1Cc1cccc(C)c1)C(=O)c1cccc(F)c1. The zero-order chi connectivity index (χ0) is 20.6. The molecule has 29 heavy (non-hydrogen) atoms. The molecule has 0 unspecified atom stereocenters. The molecule has 3 aromatic rings. The molecule has 4 heteroatoms. The van der Waals surface area contributed by atoms with Gasteiger partial charge in [-0.15, -0.1) is 0 Å². The first-order valence-electron chi connectivity index (χ1n) is 10.3. The van der Waals surface area contributed by atoms with Crippen molar-refractivity contribution in [3.05, 3.63) is 95.1 Å². The van der Waals surface area contributed by atoms with E-state index in [1.54, 1.807) is 12.1 Å². The number of aromatic nitrogens is 1. The standard InChI is InChI=1S/C25H29FN2O/c1-3-4-5-14-28(25(29)22-11-7-12-23(26)17-22)19-24-13-8-15-27(24)18-21-10-6-9-20(2)16-21/h6-13,15-17H,3-5,14,18-19H2,1-2H3. The van der Waals surface area contributed by atoms with Crippen LogP contribution in [-0.2, 0) is 13.1 Å². The largest absolute Gasteiger partial charge is 0.345 e. The Morgan fingerprint density at radius 2 is 1.86 bits per heavy atom. The van der Waals surface area contributed by atoms with Gasteiger partial charge in [0.2, 0.25) is 0 Å². The summed E-state index contributed by atoms with van der Waals surface area (Å²) in [6.07, 6.45) is 5.15. The maximum Gasteiger partial charge on any atom is 0.254 e. The number of halogens is 1. The van der Waals surface area contributed by atoms with Gasteiger partial charge in [-0.1, -0.05) is 55.7 Å². The number of benzene rings is 2. The zero-order valence-corrected chi connectivity index (χ0v) is 17.3. The van der Waals surface area contributed by atoms with E-state index in [0.29, 0.717) is 18.7 Å². The molecule has 0 atom stereocenters. The van der Waals surface area contributed by atoms with Crippen molar-refractivity contribution in [1.82, 2.24) is 9.47 Å². The van der Waals surface area contributed by atoms with Crippen molar-refractivity contribution in [2.24, 2.45) is 0 Å². The minimum Gasteiger partial charge on any atom is -0.345 e. The summed E-state index contributed by atoms with van der Waals surface area (Å²) in [5.41, 5.74) is 3.95. The van der Waals surface area contributed by atoms with E-state index in [0.717, 1.165) is 31.5 Å². The zero-order valence-electron chi connectivity index (χ0n) is 17.3. The Bertz CT molecular complexity index is 947. The lowest BCUT2D eigenvalue weighted by Gasteiger charge is -2.24. The number of hydrogen-bond acceptors (Lipinski definition) is 1. The van der Waals surface area contributed by atoms with Crippen molar-refractivity contribution in [3.8, 4) is 0 Å². The fourth-order valence-corrected chi connectivity index (χ4v) is 3.56. The van der Waals surface area contributed by atoms with Crippen LogP contribution in [0.15, 0.2) is 66.9 Å². The molecule has 2 aromatic carbocycles. The molecule has 152 valence electrons. The lowest BCUT2D eigenvalue weighted by molar-refractivity contribution is 0.0736. The van der Waals surface area contributed by atoms with Crippen LogP contribution in [0, 0.1) is 12.7 Å². The highest BCUT2D eigenvalue weighted by Gasteiger charge is 2.18. The quantitative estimate of drug-likeness (QED) is 0.422. The van der Waals surface area contributed by atoms with Crippen LogP contribution >= 0.6 is 0 Å². The summed E-state index contributed by atoms with van der Waals surface area (Å²) in [5.74, 6) is -0.504. The normalized spacial score (nSPS) is 10.9. The van der Waals surface area contributed by atoms with Gasteiger partial charge in [0.1, 0.15) is 5.82 Å². The molecule has 0 saturated carbocycles. The van der Waals surface area contributed by atoms with Crippen molar-refractivity contribution in [2.75, 3.05) is 6.54 Å². The number of aryl methyl sites for hydroxylation is 1. The molecule has 0 fully saturated rings. The van der Waals surface area contributed by atoms with E-state index in [9.17, 15) is 9.18 Å². The fourth-order valence-electron chi connectivity index (χ4n) is 3.56. The maximum absolute atomic E-state index is 13.6. The van der Waals surface area contributed by atoms with Gasteiger partial charge in [-0.25, -0.2) is 4.39 Å². The van der Waals surface area contributed by atoms with Crippen LogP contribution in [0.25, 0.3) is 0 Å². The molecule has 0 bridgehead atoms. The molecule has 0 spiro atoms. The predicted molar refractivity (Wildman–Crippen MR) is 115 cm³/mol. The van der Waals surface area contributed by atoms with Crippen molar-refractivity contribution in [3.63, 3.8) is 0 Å². The summed E-state index contributed by atoms with van der Waals surface area (Å²) in [5, 5.41) is 0. The molecule has 0 N–H and O–H groups in total. The Hall–Kier alpha value is -2.88. The number of carbonyl (C=O) groups is 1. The number of hydrogen-bond donors (Lipinski definition) is 0. The summed E-state index contributed by atoms with van der Waals surface area (Å²) >= 11 is 0. The van der Waals surface area contributed by atoms with E-state index < -0.39 is 0 Å². The van der Waals surface area contributed by atoms with Gasteiger partial charge in [-0.2, -0.15) is 0 Å². The van der Waals surface area contributed by atoms with Crippen LogP contribution in [-0.4, -0.2) is 21.9 Å². The third-order valence-electron chi connectivity index (χ3n) is 5.10. The Kier molecular flexibility index (Phi) is 7.23. The molecule has 1 amide bonds. The third-order valence-corrected chi connectivity index (χ3v) is 5.10. The van der Waals surface area contributed by atoms with Gasteiger partial charge < -0.3 is 9.47 Å². The molecule has 0 saturated heterocycles. The van der Waals surface area contributed by atoms with Gasteiger partial charge in [0.15, 0.2) is 0 Å². The van der Waals surface area contributed by atoms with Crippen LogP contribution in [0.4, 0.5) is 4.39 Å². The molecular formula is C25H29FN2O. The van der Waals surface area contributed by atoms with Crippen molar-refractivity contribution < 1.29 is 9.18 Å². The molecule has 1 heterocycles. The number of rotatable bonds is 9. The first kappa shape index (κ1) is 20.8. The summed E-state index contributed by atoms with van der Waals surface area (Å²) in [4.78, 5) is 14.9. The van der Waals surface area contributed by atoms with Crippen LogP contribution in [0.3, 0.4) is 0 Å². The third kappa shape index (κ3) is 5.80. The number of unbranched alkanes of at least 4 members (excludes halogenated alkanes) is 2. The fraction of sp³-hybridized carbons (Fsp3) is 0.320. The molecule has 1 aromatic heterocycles. The highest BCUT2D eigenvalue weighted by Crippen LogP contribution is 2.16. The van der Waals surface area contributed by atoms with Crippen LogP contribution < -0.4 is 0 Å². The van der Waals surface area contributed by atoms with Gasteiger partial charge in [0, 0.05) is 30.5 Å². The van der Waals surface area contributed by atoms with Gasteiger partial charge in [-0.05, 0) is 49.2 Å². The predicted octanol–water partition coefficient (Wildman–Crippen LogP) is 5.82. The van der Waals surface area contributed by atoms with Crippen LogP contribution in [0.1, 0.15) is 53.4 Å². The molecule has 0 radical (unpaired) electrons. The van der Waals surface area contributed by atoms with Crippen LogP contribution in [0.2, 0.25) is 0 Å². The minimum absolute atomic E-state index is 0.121. The molecule has 0 aliphatic heterocycles. The number of amides is 1. The first-order chi connectivity index (χ1) is 14.1. The molecular weight excluding hydrogens is 363 g/mol. The molecule has 0 aliphatic rings. The number of carbonyl (C=O) groups excluding carboxylic acids is 1. The lowest BCUT2D eigenvalue weighted by Crippen LogP contribution is -2.32. The minimum atomic E-state index is -0.382. The van der Waals surface area contributed by atoms with Gasteiger partial charge in [-0.3, -0.25) is 4.79 Å². The van der Waals surface area contributed by atoms with Gasteiger partial charge >= 0.3 is 0 Å². The topological polar surface area (TPSA) is 25.2 Å². The molecule has 3 nitrogen and oxygen atoms in total. The van der Waals surface area contributed by atoms with E-state index >= 15 is 0 Å². The molecule has 3 rings (SSSR count). The summed E-state index contributed by atoms with van der Waals surface area (Å²) < 4.78 is 15.8. The van der Waals surface area contributed by atoms with Crippen molar-refractivity contribution in [2.45, 2.75) is 46.2 Å². The second-order valence-electron chi connectivity index (χ2n) is 7.56. The van der Waals surface area contributed by atoms with Gasteiger partial charge in [0.25, 0.3) is 5.91 Å². The Morgan fingerprint density at radius 1 is 1.03 bits per heavy atom. The first-order valence-corrected chi connectivity index (χ1v) is 10.3. The molecule has 0 aliphatic carbocycles. The second-order valence-corrected chi connectivity index (χ2v) is 7.56. The smallest absolute Gasteiger partial charge is 0.254 e. The lowest BCUT2D eigenvalue weighted by atomic mass is 10.1. The van der Waals surface area contributed by atoms with E-state index in [1.165, 1.54) is 23.3 Å². The van der Waals surface area contributed by atoms with E-state index in [1.807, 2.05) is 11.0 Å². The Balaban J connectivity index is 1.79. The maximum atomic E-state index is 13.6. The Labute approximate surface area is 172 Å². The highest BCUT2D eigenvalue weighted by atomic mass is 19.1. The highest BCUT2D eigenvalue weighted by molar-refractivity contribution is 5.94. The monoisotopic (exact) mass is 392 g/mol. The number of nitrogens with zero attached hydrogens (tertiary/aromatic N) is 2. The van der Waals surface area contributed by atoms with Crippen molar-refractivity contribution in [1.29, 1.82) is 0 Å². The average molecular weight is 393 g/mol.